The third-order valence-electron chi connectivity index (χ3n) is 7.81. The standard InChI is InChI=1S/C33H36ClN5O7/c1-4-44-32(41)36-18-22-12-21(14-25(34)15-22)17-35-31(38-33(42)45-27-16-20-6-5-7-24(27)13-20)37-30(40)28-19(2)46-39-29(28)23-8-10-26(43-3)11-9-23/h5,7-12,14-15,20,24,27H,4,6,13,16-18H2,1-3H3,(H,36,41)(H2,35,37,38,40,42)/t20?,24-,27?/m1/s1. The summed E-state index contributed by atoms with van der Waals surface area (Å²) in [6, 6.07) is 12.2. The van der Waals surface area contributed by atoms with Crippen LogP contribution in [0.1, 0.15) is 53.4 Å². The Bertz CT molecular complexity index is 1640. The second kappa shape index (κ2) is 15.0. The Morgan fingerprint density at radius 3 is 2.59 bits per heavy atom. The number of allylic oxidation sites excluding steroid dienone is 1. The number of aliphatic imine (C=N–C) groups is 1. The Hall–Kier alpha value is -4.84. The summed E-state index contributed by atoms with van der Waals surface area (Å²) in [5.74, 6) is 0.870. The Morgan fingerprint density at radius 2 is 1.85 bits per heavy atom. The van der Waals surface area contributed by atoms with Crippen LogP contribution >= 0.6 is 11.6 Å². The van der Waals surface area contributed by atoms with Crippen molar-refractivity contribution in [2.45, 2.75) is 52.3 Å². The fourth-order valence-corrected chi connectivity index (χ4v) is 5.96. The van der Waals surface area contributed by atoms with Crippen LogP contribution in [0.4, 0.5) is 9.59 Å². The van der Waals surface area contributed by atoms with E-state index in [4.69, 9.17) is 30.3 Å². The number of methoxy groups -OCH3 is 1. The molecule has 1 fully saturated rings. The molecule has 2 bridgehead atoms. The highest BCUT2D eigenvalue weighted by Crippen LogP contribution is 2.40. The van der Waals surface area contributed by atoms with Crippen molar-refractivity contribution in [3.8, 4) is 17.0 Å². The number of guanidine groups is 1. The molecule has 2 unspecified atom stereocenters. The van der Waals surface area contributed by atoms with Crippen molar-refractivity contribution in [1.82, 2.24) is 21.1 Å². The molecule has 2 aliphatic carbocycles. The molecule has 5 rings (SSSR count). The van der Waals surface area contributed by atoms with Gasteiger partial charge in [-0.15, -0.1) is 0 Å². The fourth-order valence-electron chi connectivity index (χ4n) is 5.68. The molecule has 1 heterocycles. The Labute approximate surface area is 271 Å². The second-order valence-corrected chi connectivity index (χ2v) is 11.5. The van der Waals surface area contributed by atoms with Gasteiger partial charge in [0.15, 0.2) is 0 Å². The van der Waals surface area contributed by atoms with Crippen LogP contribution in [-0.4, -0.2) is 49.0 Å². The maximum absolute atomic E-state index is 13.7. The topological polar surface area (TPSA) is 153 Å². The zero-order valence-corrected chi connectivity index (χ0v) is 26.6. The molecule has 3 amide bonds. The molecule has 3 N–H and O–H groups in total. The van der Waals surface area contributed by atoms with Gasteiger partial charge in [0, 0.05) is 23.0 Å². The van der Waals surface area contributed by atoms with Crippen molar-refractivity contribution in [3.05, 3.63) is 82.1 Å². The van der Waals surface area contributed by atoms with Crippen molar-refractivity contribution in [2.75, 3.05) is 13.7 Å². The predicted molar refractivity (Wildman–Crippen MR) is 171 cm³/mol. The van der Waals surface area contributed by atoms with Gasteiger partial charge in [0.1, 0.15) is 28.9 Å². The van der Waals surface area contributed by atoms with Crippen molar-refractivity contribution >= 4 is 35.7 Å². The predicted octanol–water partition coefficient (Wildman–Crippen LogP) is 5.93. The Balaban J connectivity index is 1.36. The highest BCUT2D eigenvalue weighted by Gasteiger charge is 2.37. The van der Waals surface area contributed by atoms with Gasteiger partial charge in [0.2, 0.25) is 5.96 Å². The number of hydrogen-bond donors (Lipinski definition) is 3. The van der Waals surface area contributed by atoms with Gasteiger partial charge in [-0.05, 0) is 86.6 Å². The largest absolute Gasteiger partial charge is 0.497 e. The number of aromatic nitrogens is 1. The number of rotatable bonds is 9. The highest BCUT2D eigenvalue weighted by molar-refractivity contribution is 6.30. The normalized spacial score (nSPS) is 18.5. The number of hydrogen-bond acceptors (Lipinski definition) is 9. The van der Waals surface area contributed by atoms with Gasteiger partial charge in [0.25, 0.3) is 5.91 Å². The molecule has 1 aromatic heterocycles. The molecule has 2 aliphatic rings. The minimum atomic E-state index is -0.729. The number of halogens is 1. The molecule has 0 radical (unpaired) electrons. The number of carbonyl (C=O) groups excluding carboxylic acids is 3. The Morgan fingerprint density at radius 1 is 1.07 bits per heavy atom. The molecule has 1 saturated carbocycles. The van der Waals surface area contributed by atoms with Crippen LogP contribution in [0.2, 0.25) is 5.02 Å². The summed E-state index contributed by atoms with van der Waals surface area (Å²) in [4.78, 5) is 43.0. The molecule has 12 nitrogen and oxygen atoms in total. The van der Waals surface area contributed by atoms with E-state index in [9.17, 15) is 14.4 Å². The highest BCUT2D eigenvalue weighted by atomic mass is 35.5. The molecule has 0 aliphatic heterocycles. The van der Waals surface area contributed by atoms with Gasteiger partial charge >= 0.3 is 12.2 Å². The SMILES string of the molecule is CCOC(=O)NCc1cc(Cl)cc(CN=C(NC(=O)OC2CC3CC=C[C@@H]2C3)NC(=O)c2c(-c3ccc(OC)cc3)noc2C)c1. The van der Waals surface area contributed by atoms with Crippen molar-refractivity contribution < 1.29 is 33.1 Å². The number of nitrogens with zero attached hydrogens (tertiary/aromatic N) is 2. The van der Waals surface area contributed by atoms with E-state index in [-0.39, 0.29) is 49.0 Å². The van der Waals surface area contributed by atoms with Crippen LogP contribution in [-0.2, 0) is 22.6 Å². The van der Waals surface area contributed by atoms with Crippen molar-refractivity contribution in [2.24, 2.45) is 16.8 Å². The molecule has 3 atom stereocenters. The summed E-state index contributed by atoms with van der Waals surface area (Å²) in [5, 5.41) is 12.5. The molecule has 13 heteroatoms. The van der Waals surface area contributed by atoms with Crippen molar-refractivity contribution in [3.63, 3.8) is 0 Å². The average molecular weight is 650 g/mol. The maximum Gasteiger partial charge on any atom is 0.414 e. The van der Waals surface area contributed by atoms with E-state index in [1.54, 1.807) is 63.4 Å². The fraction of sp³-hybridized carbons (Fsp3) is 0.364. The zero-order chi connectivity index (χ0) is 32.6. The summed E-state index contributed by atoms with van der Waals surface area (Å²) in [7, 11) is 1.56. The summed E-state index contributed by atoms with van der Waals surface area (Å²) >= 11 is 6.35. The van der Waals surface area contributed by atoms with E-state index < -0.39 is 18.1 Å². The number of amides is 3. The van der Waals surface area contributed by atoms with Gasteiger partial charge < -0.3 is 24.1 Å². The lowest BCUT2D eigenvalue weighted by Crippen LogP contribution is -2.45. The zero-order valence-electron chi connectivity index (χ0n) is 25.8. The van der Waals surface area contributed by atoms with E-state index in [0.29, 0.717) is 39.1 Å². The number of fused-ring (bicyclic) bond motifs is 2. The first kappa shape index (κ1) is 32.6. The third-order valence-corrected chi connectivity index (χ3v) is 8.03. The van der Waals surface area contributed by atoms with Crippen LogP contribution < -0.4 is 20.7 Å². The van der Waals surface area contributed by atoms with Gasteiger partial charge in [-0.25, -0.2) is 14.6 Å². The number of ether oxygens (including phenoxy) is 3. The summed E-state index contributed by atoms with van der Waals surface area (Å²) in [6.07, 6.45) is 5.44. The van der Waals surface area contributed by atoms with Crippen LogP contribution in [0, 0.1) is 18.8 Å². The van der Waals surface area contributed by atoms with Gasteiger partial charge in [0.05, 0.1) is 20.3 Å². The van der Waals surface area contributed by atoms with E-state index in [1.165, 1.54) is 0 Å². The van der Waals surface area contributed by atoms with Gasteiger partial charge in [-0.2, -0.15) is 0 Å². The first-order valence-corrected chi connectivity index (χ1v) is 15.4. The number of nitrogens with one attached hydrogen (secondary N) is 3. The van der Waals surface area contributed by atoms with Crippen LogP contribution in [0.25, 0.3) is 11.3 Å². The molecule has 0 spiro atoms. The number of aryl methyl sites for hydroxylation is 1. The average Bonchev–Trinajstić information content (AvgIpc) is 3.56. The second-order valence-electron chi connectivity index (χ2n) is 11.1. The lowest BCUT2D eigenvalue weighted by Gasteiger charge is -2.18. The number of benzene rings is 2. The van der Waals surface area contributed by atoms with Crippen molar-refractivity contribution in [1.29, 1.82) is 0 Å². The van der Waals surface area contributed by atoms with Crippen LogP contribution in [0.5, 0.6) is 5.75 Å². The first-order chi connectivity index (χ1) is 22.2. The quantitative estimate of drug-likeness (QED) is 0.147. The van der Waals surface area contributed by atoms with Crippen LogP contribution in [0.3, 0.4) is 0 Å². The lowest BCUT2D eigenvalue weighted by atomic mass is 9.96. The summed E-state index contributed by atoms with van der Waals surface area (Å²) < 4.78 is 21.3. The lowest BCUT2D eigenvalue weighted by molar-refractivity contribution is 0.0891. The molecule has 46 heavy (non-hydrogen) atoms. The van der Waals surface area contributed by atoms with E-state index in [0.717, 1.165) is 19.3 Å². The van der Waals surface area contributed by atoms with Gasteiger partial charge in [-0.3, -0.25) is 15.4 Å². The molecule has 0 saturated heterocycles. The molecular formula is C33H36ClN5O7. The maximum atomic E-state index is 13.7. The molecule has 242 valence electrons. The Kier molecular flexibility index (Phi) is 10.6. The first-order valence-electron chi connectivity index (χ1n) is 15.0. The summed E-state index contributed by atoms with van der Waals surface area (Å²) in [5.41, 5.74) is 2.52. The van der Waals surface area contributed by atoms with E-state index in [2.05, 4.69) is 38.3 Å². The molecular weight excluding hydrogens is 614 g/mol. The smallest absolute Gasteiger partial charge is 0.414 e. The minimum absolute atomic E-state index is 0.0354. The van der Waals surface area contributed by atoms with Crippen LogP contribution in [0.15, 0.2) is 64.1 Å². The van der Waals surface area contributed by atoms with E-state index >= 15 is 0 Å². The third kappa shape index (κ3) is 8.25. The number of alkyl carbamates (subject to hydrolysis) is 2. The monoisotopic (exact) mass is 649 g/mol. The molecule has 2 aromatic carbocycles. The number of carbonyl (C=O) groups is 3. The summed E-state index contributed by atoms with van der Waals surface area (Å²) in [6.45, 7) is 3.81. The minimum Gasteiger partial charge on any atom is -0.497 e. The van der Waals surface area contributed by atoms with E-state index in [1.807, 2.05) is 0 Å². The molecule has 3 aromatic rings. The van der Waals surface area contributed by atoms with Gasteiger partial charge in [-0.1, -0.05) is 35.0 Å².